The van der Waals surface area contributed by atoms with Gasteiger partial charge in [-0.3, -0.25) is 0 Å². The van der Waals surface area contributed by atoms with Crippen LogP contribution in [0.4, 0.5) is 0 Å². The minimum atomic E-state index is -0.412. The molecule has 0 amide bonds. The zero-order chi connectivity index (χ0) is 13.5. The molecule has 0 N–H and O–H groups in total. The van der Waals surface area contributed by atoms with Crippen LogP contribution in [0.25, 0.3) is 0 Å². The average molecular weight is 288 g/mol. The summed E-state index contributed by atoms with van der Waals surface area (Å²) in [6.45, 7) is 1.23. The number of carbonyl (C=O) groups is 1. The zero-order valence-corrected chi connectivity index (χ0v) is 11.4. The van der Waals surface area contributed by atoms with Crippen molar-refractivity contribution in [3.63, 3.8) is 0 Å². The third-order valence-electron chi connectivity index (χ3n) is 2.39. The fourth-order valence-corrected chi connectivity index (χ4v) is 2.17. The molecule has 1 aliphatic heterocycles. The Morgan fingerprint density at radius 2 is 2.26 bits per heavy atom. The van der Waals surface area contributed by atoms with Gasteiger partial charge in [-0.05, 0) is 0 Å². The smallest absolute Gasteiger partial charge is 0.332 e. The van der Waals surface area contributed by atoms with Crippen molar-refractivity contribution in [3.05, 3.63) is 10.8 Å². The van der Waals surface area contributed by atoms with E-state index < -0.39 is 5.97 Å². The monoisotopic (exact) mass is 288 g/mol. The van der Waals surface area contributed by atoms with E-state index in [0.29, 0.717) is 13.2 Å². The van der Waals surface area contributed by atoms with Crippen molar-refractivity contribution in [2.45, 2.75) is 6.10 Å². The van der Waals surface area contributed by atoms with Gasteiger partial charge >= 0.3 is 5.97 Å². The number of methoxy groups -OCH3 is 1. The van der Waals surface area contributed by atoms with Crippen LogP contribution in [0.2, 0.25) is 0 Å². The van der Waals surface area contributed by atoms with Crippen LogP contribution in [-0.2, 0) is 19.0 Å². The number of ether oxygens (including phenoxy) is 5. The molecule has 0 radical (unpaired) electrons. The topological polar surface area (TPSA) is 63.2 Å². The van der Waals surface area contributed by atoms with Gasteiger partial charge in [-0.25, -0.2) is 4.79 Å². The molecule has 0 saturated heterocycles. The third-order valence-corrected chi connectivity index (χ3v) is 3.09. The predicted molar refractivity (Wildman–Crippen MR) is 67.9 cm³/mol. The fraction of sp³-hybridized carbons (Fsp3) is 0.583. The number of rotatable bonds is 7. The van der Waals surface area contributed by atoms with E-state index in [1.807, 2.05) is 10.8 Å². The van der Waals surface area contributed by atoms with E-state index in [2.05, 4.69) is 0 Å². The van der Waals surface area contributed by atoms with Gasteiger partial charge in [0.2, 0.25) is 0 Å². The van der Waals surface area contributed by atoms with E-state index in [-0.39, 0.29) is 25.9 Å². The molecule has 0 aliphatic carbocycles. The van der Waals surface area contributed by atoms with E-state index in [0.717, 1.165) is 11.5 Å². The van der Waals surface area contributed by atoms with Gasteiger partial charge in [-0.1, -0.05) is 0 Å². The lowest BCUT2D eigenvalue weighted by molar-refractivity contribution is -0.151. The highest BCUT2D eigenvalue weighted by molar-refractivity contribution is 7.08. The first-order valence-electron chi connectivity index (χ1n) is 5.87. The quantitative estimate of drug-likeness (QED) is 0.553. The summed E-state index contributed by atoms with van der Waals surface area (Å²) in [5, 5.41) is 3.76. The maximum absolute atomic E-state index is 11.2. The molecule has 1 unspecified atom stereocenters. The molecule has 19 heavy (non-hydrogen) atoms. The lowest BCUT2D eigenvalue weighted by Gasteiger charge is -2.24. The number of hydrogen-bond acceptors (Lipinski definition) is 7. The Labute approximate surface area is 115 Å². The van der Waals surface area contributed by atoms with Gasteiger partial charge in [-0.2, -0.15) is 0 Å². The first-order valence-corrected chi connectivity index (χ1v) is 6.82. The molecule has 1 atom stereocenters. The van der Waals surface area contributed by atoms with Crippen molar-refractivity contribution in [2.75, 3.05) is 40.1 Å². The molecular formula is C12H16O6S. The Bertz CT molecular complexity index is 405. The molecule has 0 aromatic carbocycles. The van der Waals surface area contributed by atoms with Crippen molar-refractivity contribution < 1.29 is 28.5 Å². The molecule has 7 heteroatoms. The summed E-state index contributed by atoms with van der Waals surface area (Å²) in [4.78, 5) is 11.2. The molecule has 6 nitrogen and oxygen atoms in total. The standard InChI is InChI=1S/C12H16O6S/c1-14-2-3-16-12(13)6-15-4-9-5-17-10-7-19-8-11(10)18-9/h7-9H,2-6H2,1H3. The highest BCUT2D eigenvalue weighted by Gasteiger charge is 2.22. The molecule has 1 aromatic heterocycles. The molecule has 0 spiro atoms. The van der Waals surface area contributed by atoms with E-state index >= 15 is 0 Å². The number of thiophene rings is 1. The van der Waals surface area contributed by atoms with Crippen LogP contribution in [0, 0.1) is 0 Å². The van der Waals surface area contributed by atoms with E-state index in [4.69, 9.17) is 23.7 Å². The second-order valence-corrected chi connectivity index (χ2v) is 4.62. The minimum Gasteiger partial charge on any atom is -0.485 e. The third kappa shape index (κ3) is 4.38. The predicted octanol–water partition coefficient (Wildman–Crippen LogP) is 1.09. The Hall–Kier alpha value is -1.31. The molecule has 0 fully saturated rings. The first kappa shape index (κ1) is 14.1. The van der Waals surface area contributed by atoms with Crippen LogP contribution in [0.15, 0.2) is 10.8 Å². The van der Waals surface area contributed by atoms with Crippen LogP contribution < -0.4 is 9.47 Å². The molecular weight excluding hydrogens is 272 g/mol. The highest BCUT2D eigenvalue weighted by atomic mass is 32.1. The van der Waals surface area contributed by atoms with Gasteiger partial charge in [0.25, 0.3) is 0 Å². The summed E-state index contributed by atoms with van der Waals surface area (Å²) in [5.74, 6) is 1.08. The van der Waals surface area contributed by atoms with Gasteiger partial charge in [0, 0.05) is 17.9 Å². The number of carbonyl (C=O) groups excluding carboxylic acids is 1. The molecule has 1 aromatic rings. The second-order valence-electron chi connectivity index (χ2n) is 3.88. The van der Waals surface area contributed by atoms with Gasteiger partial charge in [-0.15, -0.1) is 11.3 Å². The number of hydrogen-bond donors (Lipinski definition) is 0. The normalized spacial score (nSPS) is 17.2. The summed E-state index contributed by atoms with van der Waals surface area (Å²) in [7, 11) is 1.55. The summed E-state index contributed by atoms with van der Waals surface area (Å²) in [6, 6.07) is 0. The number of fused-ring (bicyclic) bond motifs is 1. The maximum Gasteiger partial charge on any atom is 0.332 e. The van der Waals surface area contributed by atoms with Crippen molar-refractivity contribution >= 4 is 17.3 Å². The molecule has 106 valence electrons. The average Bonchev–Trinajstić information content (AvgIpc) is 2.86. The minimum absolute atomic E-state index is 0.0972. The van der Waals surface area contributed by atoms with Crippen molar-refractivity contribution in [2.24, 2.45) is 0 Å². The molecule has 0 saturated carbocycles. The molecule has 0 bridgehead atoms. The summed E-state index contributed by atoms with van der Waals surface area (Å²) in [6.07, 6.45) is -0.200. The van der Waals surface area contributed by atoms with Crippen molar-refractivity contribution in [1.82, 2.24) is 0 Å². The Balaban J connectivity index is 1.60. The Morgan fingerprint density at radius 1 is 1.42 bits per heavy atom. The first-order chi connectivity index (χ1) is 9.29. The van der Waals surface area contributed by atoms with Gasteiger partial charge in [0.05, 0.1) is 13.2 Å². The van der Waals surface area contributed by atoms with E-state index in [1.165, 1.54) is 11.3 Å². The highest BCUT2D eigenvalue weighted by Crippen LogP contribution is 2.35. The number of esters is 1. The summed E-state index contributed by atoms with van der Waals surface area (Å²) < 4.78 is 26.0. The fourth-order valence-electron chi connectivity index (χ4n) is 1.50. The Kier molecular flexibility index (Phi) is 5.44. The van der Waals surface area contributed by atoms with Crippen molar-refractivity contribution in [1.29, 1.82) is 0 Å². The summed E-state index contributed by atoms with van der Waals surface area (Å²) >= 11 is 1.52. The van der Waals surface area contributed by atoms with E-state index in [9.17, 15) is 4.79 Å². The van der Waals surface area contributed by atoms with Gasteiger partial charge < -0.3 is 23.7 Å². The van der Waals surface area contributed by atoms with Crippen LogP contribution in [0.1, 0.15) is 0 Å². The van der Waals surface area contributed by atoms with Crippen LogP contribution in [-0.4, -0.2) is 52.2 Å². The van der Waals surface area contributed by atoms with E-state index in [1.54, 1.807) is 7.11 Å². The second kappa shape index (κ2) is 7.32. The summed E-state index contributed by atoms with van der Waals surface area (Å²) in [5.41, 5.74) is 0. The molecule has 1 aliphatic rings. The molecule has 2 heterocycles. The van der Waals surface area contributed by atoms with Crippen LogP contribution >= 0.6 is 11.3 Å². The lowest BCUT2D eigenvalue weighted by Crippen LogP contribution is -2.33. The van der Waals surface area contributed by atoms with Crippen LogP contribution in [0.3, 0.4) is 0 Å². The molecule has 2 rings (SSSR count). The Morgan fingerprint density at radius 3 is 3.11 bits per heavy atom. The zero-order valence-electron chi connectivity index (χ0n) is 10.6. The maximum atomic E-state index is 11.2. The van der Waals surface area contributed by atoms with Crippen LogP contribution in [0.5, 0.6) is 11.5 Å². The largest absolute Gasteiger partial charge is 0.485 e. The lowest BCUT2D eigenvalue weighted by atomic mass is 10.3. The van der Waals surface area contributed by atoms with Crippen molar-refractivity contribution in [3.8, 4) is 11.5 Å². The van der Waals surface area contributed by atoms with Gasteiger partial charge in [0.15, 0.2) is 17.6 Å². The SMILES string of the molecule is COCCOC(=O)COCC1COc2cscc2O1. The van der Waals surface area contributed by atoms with Gasteiger partial charge in [0.1, 0.15) is 19.8 Å².